The van der Waals surface area contributed by atoms with Crippen LogP contribution in [-0.4, -0.2) is 37.2 Å². The van der Waals surface area contributed by atoms with Gasteiger partial charge in [0.2, 0.25) is 0 Å². The Morgan fingerprint density at radius 1 is 0.241 bits per heavy atom. The average Bonchev–Trinajstić information content (AvgIpc) is 3.49. The Balaban J connectivity index is 4.47. The summed E-state index contributed by atoms with van der Waals surface area (Å²) in [6.45, 7) is 6.22. The number of unbranched alkanes of at least 4 members (excludes halogenated alkanes) is 14. The Labute approximate surface area is 509 Å². The van der Waals surface area contributed by atoms with E-state index < -0.39 is 6.10 Å². The van der Waals surface area contributed by atoms with Crippen LogP contribution >= 0.6 is 0 Å². The van der Waals surface area contributed by atoms with Crippen molar-refractivity contribution >= 4 is 17.9 Å². The van der Waals surface area contributed by atoms with E-state index in [1.165, 1.54) is 38.5 Å². The van der Waals surface area contributed by atoms with Gasteiger partial charge in [0, 0.05) is 19.3 Å². The molecule has 0 N–H and O–H groups in total. The Morgan fingerprint density at radius 2 is 0.446 bits per heavy atom. The van der Waals surface area contributed by atoms with E-state index in [2.05, 4.69) is 215 Å². The van der Waals surface area contributed by atoms with Crippen molar-refractivity contribution in [1.82, 2.24) is 0 Å². The summed E-state index contributed by atoms with van der Waals surface area (Å²) in [5, 5.41) is 0. The topological polar surface area (TPSA) is 78.9 Å². The van der Waals surface area contributed by atoms with Crippen molar-refractivity contribution in [1.29, 1.82) is 0 Å². The molecule has 462 valence electrons. The molecule has 0 aromatic heterocycles. The smallest absolute Gasteiger partial charge is 0.306 e. The van der Waals surface area contributed by atoms with Gasteiger partial charge in [-0.2, -0.15) is 0 Å². The van der Waals surface area contributed by atoms with Crippen LogP contribution in [0.4, 0.5) is 0 Å². The normalized spacial score (nSPS) is 13.4. The van der Waals surface area contributed by atoms with Crippen LogP contribution in [0.5, 0.6) is 0 Å². The van der Waals surface area contributed by atoms with Gasteiger partial charge < -0.3 is 14.2 Å². The Morgan fingerprint density at radius 3 is 0.711 bits per heavy atom. The van der Waals surface area contributed by atoms with Gasteiger partial charge >= 0.3 is 17.9 Å². The zero-order chi connectivity index (χ0) is 59.9. The van der Waals surface area contributed by atoms with Gasteiger partial charge in [0.05, 0.1) is 0 Å². The van der Waals surface area contributed by atoms with Gasteiger partial charge in [-0.25, -0.2) is 0 Å². The van der Waals surface area contributed by atoms with Crippen LogP contribution in [0.15, 0.2) is 194 Å². The summed E-state index contributed by atoms with van der Waals surface area (Å²) >= 11 is 0. The largest absolute Gasteiger partial charge is 0.462 e. The van der Waals surface area contributed by atoms with Crippen molar-refractivity contribution in [3.05, 3.63) is 194 Å². The molecule has 1 atom stereocenters. The van der Waals surface area contributed by atoms with Crippen molar-refractivity contribution in [2.45, 2.75) is 258 Å². The molecular weight excluding hydrogens is 1020 g/mol. The van der Waals surface area contributed by atoms with Crippen molar-refractivity contribution in [2.24, 2.45) is 0 Å². The molecule has 6 heteroatoms. The van der Waals surface area contributed by atoms with Crippen molar-refractivity contribution in [2.75, 3.05) is 13.2 Å². The molecule has 0 spiro atoms. The highest BCUT2D eigenvalue weighted by Gasteiger charge is 2.19. The fourth-order valence-electron chi connectivity index (χ4n) is 8.27. The van der Waals surface area contributed by atoms with Crippen LogP contribution in [0.25, 0.3) is 0 Å². The Hall–Kier alpha value is -5.75. The lowest BCUT2D eigenvalue weighted by Gasteiger charge is -2.18. The summed E-state index contributed by atoms with van der Waals surface area (Å²) in [5.41, 5.74) is 0. The van der Waals surface area contributed by atoms with Crippen LogP contribution in [0.3, 0.4) is 0 Å². The SMILES string of the molecule is CC/C=C\C/C=C\C/C=C\C/C=C\C/C=C\C/C=C\C/C=C\C/C=C\CCCCCCCCC(=O)OCC(COC(=O)CCCCCCCCC/C=C\C/C=C\C/C=C\CC)OC(=O)CCC/C=C\C/C=C\C/C=C\C/C=C\C/C=C\CC. The van der Waals surface area contributed by atoms with Crippen molar-refractivity contribution in [3.8, 4) is 0 Å². The first kappa shape index (κ1) is 77.2. The molecule has 0 aliphatic heterocycles. The fraction of sp³-hybridized carbons (Fsp3) is 0.545. The number of ether oxygens (including phenoxy) is 3. The summed E-state index contributed by atoms with van der Waals surface area (Å²) in [6.07, 6.45) is 104. The number of allylic oxidation sites excluding steroid dienone is 32. The van der Waals surface area contributed by atoms with Crippen LogP contribution in [0.2, 0.25) is 0 Å². The third-order valence-electron chi connectivity index (χ3n) is 13.1. The van der Waals surface area contributed by atoms with Crippen molar-refractivity contribution in [3.63, 3.8) is 0 Å². The zero-order valence-corrected chi connectivity index (χ0v) is 52.9. The van der Waals surface area contributed by atoms with E-state index in [0.717, 1.165) is 167 Å². The molecule has 0 amide bonds. The lowest BCUT2D eigenvalue weighted by atomic mass is 10.1. The summed E-state index contributed by atoms with van der Waals surface area (Å²) in [5.74, 6) is -1.01. The molecule has 1 unspecified atom stereocenters. The van der Waals surface area contributed by atoms with Gasteiger partial charge in [0.15, 0.2) is 6.10 Å². The number of carbonyl (C=O) groups excluding carboxylic acids is 3. The van der Waals surface area contributed by atoms with Crippen LogP contribution in [-0.2, 0) is 28.6 Å². The molecule has 6 nitrogen and oxygen atoms in total. The number of rotatable bonds is 57. The van der Waals surface area contributed by atoms with Gasteiger partial charge in [0.25, 0.3) is 0 Å². The summed E-state index contributed by atoms with van der Waals surface area (Å²) < 4.78 is 16.9. The number of carbonyl (C=O) groups is 3. The zero-order valence-electron chi connectivity index (χ0n) is 52.9. The molecule has 83 heavy (non-hydrogen) atoms. The first-order valence-corrected chi connectivity index (χ1v) is 32.9. The molecular formula is C77H118O6. The molecule has 0 aliphatic rings. The third kappa shape index (κ3) is 66.9. The van der Waals surface area contributed by atoms with E-state index in [1.807, 2.05) is 0 Å². The minimum atomic E-state index is -0.832. The maximum atomic E-state index is 12.9. The average molecular weight is 1140 g/mol. The van der Waals surface area contributed by atoms with Gasteiger partial charge in [-0.1, -0.05) is 273 Å². The minimum absolute atomic E-state index is 0.120. The van der Waals surface area contributed by atoms with E-state index in [0.29, 0.717) is 19.3 Å². The number of esters is 3. The van der Waals surface area contributed by atoms with Crippen molar-refractivity contribution < 1.29 is 28.6 Å². The number of hydrogen-bond acceptors (Lipinski definition) is 6. The van der Waals surface area contributed by atoms with Gasteiger partial charge in [-0.15, -0.1) is 0 Å². The first-order chi connectivity index (χ1) is 41.0. The molecule has 0 aromatic carbocycles. The van der Waals surface area contributed by atoms with E-state index in [4.69, 9.17) is 14.2 Å². The summed E-state index contributed by atoms with van der Waals surface area (Å²) in [6, 6.07) is 0. The maximum absolute atomic E-state index is 12.9. The first-order valence-electron chi connectivity index (χ1n) is 32.9. The molecule has 0 saturated carbocycles. The molecule has 0 saturated heterocycles. The highest BCUT2D eigenvalue weighted by atomic mass is 16.6. The van der Waals surface area contributed by atoms with E-state index in [1.54, 1.807) is 0 Å². The minimum Gasteiger partial charge on any atom is -0.462 e. The fourth-order valence-corrected chi connectivity index (χ4v) is 8.27. The molecule has 0 radical (unpaired) electrons. The summed E-state index contributed by atoms with van der Waals surface area (Å²) in [7, 11) is 0. The van der Waals surface area contributed by atoms with E-state index in [9.17, 15) is 14.4 Å². The van der Waals surface area contributed by atoms with Gasteiger partial charge in [-0.05, 0) is 154 Å². The van der Waals surface area contributed by atoms with Crippen LogP contribution < -0.4 is 0 Å². The Bertz CT molecular complexity index is 1990. The van der Waals surface area contributed by atoms with Crippen LogP contribution in [0, 0.1) is 0 Å². The standard InChI is InChI=1S/C77H118O6/c1-4-7-10-13-16-19-22-25-28-31-32-33-34-35-36-37-38-39-40-41-42-43-44-47-49-52-55-58-61-64-67-70-76(79)82-73-74(83-77(80)71-68-65-62-59-56-53-50-46-30-27-24-21-18-15-12-9-6-3)72-81-75(78)69-66-63-60-57-54-51-48-45-29-26-23-20-17-14-11-8-5-2/h7-12,16-21,25-30,32-33,35-36,38-39,41-42,44,47,50,53,59,62,74H,4-6,13-15,22-24,31,34,37,40,43,45-46,48-49,51-52,54-58,60-61,63-73H2,1-3H3/b10-7-,11-8-,12-9-,19-16-,20-17-,21-18-,28-25-,29-26-,30-27-,33-32-,36-35-,39-38-,42-41-,47-44-,53-50-,62-59-. The van der Waals surface area contributed by atoms with Gasteiger partial charge in [-0.3, -0.25) is 14.4 Å². The number of hydrogen-bond donors (Lipinski definition) is 0. The van der Waals surface area contributed by atoms with E-state index in [-0.39, 0.29) is 37.5 Å². The monoisotopic (exact) mass is 1140 g/mol. The maximum Gasteiger partial charge on any atom is 0.306 e. The second-order valence-electron chi connectivity index (χ2n) is 20.9. The molecule has 0 heterocycles. The predicted octanol–water partition coefficient (Wildman–Crippen LogP) is 23.0. The highest BCUT2D eigenvalue weighted by Crippen LogP contribution is 2.14. The molecule has 0 fully saturated rings. The quantitative estimate of drug-likeness (QED) is 0.0261. The predicted molar refractivity (Wildman–Crippen MR) is 361 cm³/mol. The molecule has 0 aromatic rings. The molecule has 0 rings (SSSR count). The molecule has 0 aliphatic carbocycles. The van der Waals surface area contributed by atoms with Gasteiger partial charge in [0.1, 0.15) is 13.2 Å². The molecule has 0 bridgehead atoms. The van der Waals surface area contributed by atoms with E-state index >= 15 is 0 Å². The lowest BCUT2D eigenvalue weighted by Crippen LogP contribution is -2.30. The third-order valence-corrected chi connectivity index (χ3v) is 13.1. The Kier molecular flexibility index (Phi) is 64.0. The second-order valence-corrected chi connectivity index (χ2v) is 20.9. The second kappa shape index (κ2) is 68.7. The summed E-state index contributed by atoms with van der Waals surface area (Å²) in [4.78, 5) is 38.3. The lowest BCUT2D eigenvalue weighted by molar-refractivity contribution is -0.167. The highest BCUT2D eigenvalue weighted by molar-refractivity contribution is 5.71. The van der Waals surface area contributed by atoms with Crippen LogP contribution in [0.1, 0.15) is 252 Å².